The molecule has 2 aromatic heterocycles. The van der Waals surface area contributed by atoms with Crippen molar-refractivity contribution in [3.05, 3.63) is 47.9 Å². The van der Waals surface area contributed by atoms with Crippen molar-refractivity contribution >= 4 is 11.7 Å². The number of hydrogen-bond acceptors (Lipinski definition) is 4. The van der Waals surface area contributed by atoms with Crippen LogP contribution in [0.3, 0.4) is 0 Å². The Kier molecular flexibility index (Phi) is 4.92. The number of carbonyl (C=O) groups excluding carboxylic acids is 1. The predicted octanol–water partition coefficient (Wildman–Crippen LogP) is 3.59. The van der Waals surface area contributed by atoms with Gasteiger partial charge in [0.1, 0.15) is 12.1 Å². The summed E-state index contributed by atoms with van der Waals surface area (Å²) in [6, 6.07) is 9.42. The number of nitrogens with zero attached hydrogens (tertiary/aromatic N) is 4. The second kappa shape index (κ2) is 7.29. The minimum atomic E-state index is -0.156. The van der Waals surface area contributed by atoms with Gasteiger partial charge in [-0.05, 0) is 31.9 Å². The Morgan fingerprint density at radius 1 is 1.24 bits per heavy atom. The summed E-state index contributed by atoms with van der Waals surface area (Å²) in [5.74, 6) is 1.25. The second-order valence-corrected chi connectivity index (χ2v) is 5.95. The van der Waals surface area contributed by atoms with Gasteiger partial charge in [0.05, 0.1) is 11.7 Å². The van der Waals surface area contributed by atoms with Crippen LogP contribution in [-0.2, 0) is 0 Å². The number of aromatic amines is 1. The van der Waals surface area contributed by atoms with Crippen LogP contribution in [0.2, 0.25) is 0 Å². The van der Waals surface area contributed by atoms with E-state index in [9.17, 15) is 4.79 Å². The molecule has 0 fully saturated rings. The number of aromatic nitrogens is 5. The summed E-state index contributed by atoms with van der Waals surface area (Å²) >= 11 is 0. The summed E-state index contributed by atoms with van der Waals surface area (Å²) in [6.07, 6.45) is 3.38. The molecule has 3 aromatic rings. The minimum absolute atomic E-state index is 0.156. The van der Waals surface area contributed by atoms with Crippen LogP contribution >= 0.6 is 0 Å². The third kappa shape index (κ3) is 3.60. The van der Waals surface area contributed by atoms with Crippen molar-refractivity contribution < 1.29 is 4.79 Å². The van der Waals surface area contributed by atoms with Crippen LogP contribution in [0, 0.1) is 6.92 Å². The van der Waals surface area contributed by atoms with Gasteiger partial charge in [-0.3, -0.25) is 9.89 Å². The molecule has 0 atom stereocenters. The molecule has 0 bridgehead atoms. The largest absolute Gasteiger partial charge is 0.307 e. The van der Waals surface area contributed by atoms with Crippen molar-refractivity contribution in [3.63, 3.8) is 0 Å². The molecule has 0 saturated carbocycles. The van der Waals surface area contributed by atoms with Crippen molar-refractivity contribution in [2.45, 2.75) is 39.7 Å². The molecule has 25 heavy (non-hydrogen) atoms. The van der Waals surface area contributed by atoms with Gasteiger partial charge in [0, 0.05) is 17.2 Å². The van der Waals surface area contributed by atoms with E-state index in [1.54, 1.807) is 12.1 Å². The van der Waals surface area contributed by atoms with Crippen molar-refractivity contribution in [2.24, 2.45) is 0 Å². The molecule has 0 radical (unpaired) electrons. The summed E-state index contributed by atoms with van der Waals surface area (Å²) in [7, 11) is 0. The molecule has 0 spiro atoms. The maximum absolute atomic E-state index is 12.6. The highest BCUT2D eigenvalue weighted by Gasteiger charge is 2.16. The lowest BCUT2D eigenvalue weighted by Gasteiger charge is -2.17. The molecule has 1 aromatic carbocycles. The van der Waals surface area contributed by atoms with Gasteiger partial charge in [-0.25, -0.2) is 9.67 Å². The molecule has 0 unspecified atom stereocenters. The molecule has 0 aliphatic carbocycles. The summed E-state index contributed by atoms with van der Waals surface area (Å²) in [4.78, 5) is 16.7. The summed E-state index contributed by atoms with van der Waals surface area (Å²) < 4.78 is 1.91. The molecule has 3 rings (SSSR count). The average Bonchev–Trinajstić information content (AvgIpc) is 3.27. The number of rotatable bonds is 6. The van der Waals surface area contributed by atoms with Gasteiger partial charge in [0.25, 0.3) is 5.91 Å². The average molecular weight is 338 g/mol. The SMILES string of the molecule is CCC(CC)n1nc(C)cc1NC(=O)c1ccc(-c2ncn[nH]2)cc1. The van der Waals surface area contributed by atoms with Crippen molar-refractivity contribution in [1.82, 2.24) is 25.0 Å². The predicted molar refractivity (Wildman–Crippen MR) is 96.4 cm³/mol. The summed E-state index contributed by atoms with van der Waals surface area (Å²) in [5.41, 5.74) is 2.35. The van der Waals surface area contributed by atoms with E-state index in [1.165, 1.54) is 6.33 Å². The van der Waals surface area contributed by atoms with E-state index in [2.05, 4.69) is 39.4 Å². The van der Waals surface area contributed by atoms with Gasteiger partial charge in [0.15, 0.2) is 5.82 Å². The lowest BCUT2D eigenvalue weighted by molar-refractivity contribution is 0.102. The molecule has 2 N–H and O–H groups in total. The maximum atomic E-state index is 12.6. The maximum Gasteiger partial charge on any atom is 0.256 e. The molecule has 130 valence electrons. The number of H-pyrrole nitrogens is 1. The molecular formula is C18H22N6O. The fourth-order valence-corrected chi connectivity index (χ4v) is 2.84. The number of anilines is 1. The summed E-state index contributed by atoms with van der Waals surface area (Å²) in [5, 5.41) is 14.1. The lowest BCUT2D eigenvalue weighted by atomic mass is 10.1. The van der Waals surface area contributed by atoms with Gasteiger partial charge in [-0.15, -0.1) is 0 Å². The Morgan fingerprint density at radius 2 is 1.96 bits per heavy atom. The topological polar surface area (TPSA) is 88.5 Å². The number of amides is 1. The molecule has 7 nitrogen and oxygen atoms in total. The van der Waals surface area contributed by atoms with Crippen LogP contribution < -0.4 is 5.32 Å². The lowest BCUT2D eigenvalue weighted by Crippen LogP contribution is -2.18. The number of carbonyl (C=O) groups is 1. The molecular weight excluding hydrogens is 316 g/mol. The number of benzene rings is 1. The minimum Gasteiger partial charge on any atom is -0.307 e. The fraction of sp³-hybridized carbons (Fsp3) is 0.333. The van der Waals surface area contributed by atoms with E-state index in [0.717, 1.165) is 29.9 Å². The van der Waals surface area contributed by atoms with Crippen LogP contribution in [0.4, 0.5) is 5.82 Å². The Balaban J connectivity index is 1.79. The normalized spacial score (nSPS) is 11.0. The first-order chi connectivity index (χ1) is 12.1. The van der Waals surface area contributed by atoms with E-state index in [1.807, 2.05) is 29.8 Å². The van der Waals surface area contributed by atoms with Crippen LogP contribution in [0.15, 0.2) is 36.7 Å². The van der Waals surface area contributed by atoms with Crippen LogP contribution in [0.25, 0.3) is 11.4 Å². The Morgan fingerprint density at radius 3 is 2.56 bits per heavy atom. The van der Waals surface area contributed by atoms with Crippen LogP contribution in [-0.4, -0.2) is 30.9 Å². The van der Waals surface area contributed by atoms with E-state index in [-0.39, 0.29) is 11.9 Å². The monoisotopic (exact) mass is 338 g/mol. The van der Waals surface area contributed by atoms with Crippen molar-refractivity contribution in [2.75, 3.05) is 5.32 Å². The van der Waals surface area contributed by atoms with Gasteiger partial charge in [-0.2, -0.15) is 10.2 Å². The molecule has 1 amide bonds. The van der Waals surface area contributed by atoms with E-state index in [0.29, 0.717) is 11.4 Å². The van der Waals surface area contributed by atoms with Gasteiger partial charge in [-0.1, -0.05) is 26.0 Å². The van der Waals surface area contributed by atoms with Crippen LogP contribution in [0.1, 0.15) is 48.8 Å². The third-order valence-corrected chi connectivity index (χ3v) is 4.22. The smallest absolute Gasteiger partial charge is 0.256 e. The number of nitrogens with one attached hydrogen (secondary N) is 2. The van der Waals surface area contributed by atoms with E-state index < -0.39 is 0 Å². The molecule has 0 aliphatic rings. The van der Waals surface area contributed by atoms with Crippen molar-refractivity contribution in [3.8, 4) is 11.4 Å². The van der Waals surface area contributed by atoms with Gasteiger partial charge < -0.3 is 5.32 Å². The standard InChI is InChI=1S/C18H22N6O/c1-4-15(5-2)24-16(10-12(3)23-24)21-18(25)14-8-6-13(7-9-14)17-19-11-20-22-17/h6-11,15H,4-5H2,1-3H3,(H,21,25)(H,19,20,22). The Bertz CT molecular complexity index is 831. The zero-order valence-corrected chi connectivity index (χ0v) is 14.7. The first-order valence-electron chi connectivity index (χ1n) is 8.45. The zero-order valence-electron chi connectivity index (χ0n) is 14.7. The second-order valence-electron chi connectivity index (χ2n) is 5.95. The zero-order chi connectivity index (χ0) is 17.8. The van der Waals surface area contributed by atoms with Crippen molar-refractivity contribution in [1.29, 1.82) is 0 Å². The van der Waals surface area contributed by atoms with Gasteiger partial charge in [0.2, 0.25) is 0 Å². The highest BCUT2D eigenvalue weighted by molar-refractivity contribution is 6.04. The molecule has 0 saturated heterocycles. The fourth-order valence-electron chi connectivity index (χ4n) is 2.84. The quantitative estimate of drug-likeness (QED) is 0.719. The Labute approximate surface area is 146 Å². The van der Waals surface area contributed by atoms with Gasteiger partial charge >= 0.3 is 0 Å². The molecule has 7 heteroatoms. The highest BCUT2D eigenvalue weighted by Crippen LogP contribution is 2.22. The van der Waals surface area contributed by atoms with E-state index >= 15 is 0 Å². The molecule has 2 heterocycles. The van der Waals surface area contributed by atoms with Crippen LogP contribution in [0.5, 0.6) is 0 Å². The first kappa shape index (κ1) is 16.9. The molecule has 0 aliphatic heterocycles. The number of hydrogen-bond donors (Lipinski definition) is 2. The highest BCUT2D eigenvalue weighted by atomic mass is 16.1. The summed E-state index contributed by atoms with van der Waals surface area (Å²) in [6.45, 7) is 6.18. The third-order valence-electron chi connectivity index (χ3n) is 4.22. The Hall–Kier alpha value is -2.96. The number of aryl methyl sites for hydroxylation is 1. The first-order valence-corrected chi connectivity index (χ1v) is 8.45. The van der Waals surface area contributed by atoms with E-state index in [4.69, 9.17) is 0 Å².